The Hall–Kier alpha value is -1.36. The predicted molar refractivity (Wildman–Crippen MR) is 72.8 cm³/mol. The first-order valence-corrected chi connectivity index (χ1v) is 7.17. The molecule has 0 aliphatic heterocycles. The van der Waals surface area contributed by atoms with Crippen molar-refractivity contribution >= 4 is 5.97 Å². The van der Waals surface area contributed by atoms with Gasteiger partial charge in [-0.25, -0.2) is 0 Å². The fourth-order valence-corrected chi connectivity index (χ4v) is 2.87. The standard InChI is InChI=1S/C14H23N3O2/c1-2-9-17-13(7-8-15-17)10-16(11-14(18)19)12-5-3-4-6-12/h7-8,12H,2-6,9-11H2,1H3,(H,18,19). The van der Waals surface area contributed by atoms with Crippen LogP contribution < -0.4 is 0 Å². The van der Waals surface area contributed by atoms with Crippen LogP contribution in [0.25, 0.3) is 0 Å². The van der Waals surface area contributed by atoms with Gasteiger partial charge in [0, 0.05) is 25.3 Å². The Kier molecular flexibility index (Phi) is 4.96. The molecule has 0 bridgehead atoms. The van der Waals surface area contributed by atoms with E-state index in [1.165, 1.54) is 12.8 Å². The van der Waals surface area contributed by atoms with E-state index in [2.05, 4.69) is 16.9 Å². The predicted octanol–water partition coefficient (Wildman–Crippen LogP) is 2.12. The number of aromatic nitrogens is 2. The van der Waals surface area contributed by atoms with Gasteiger partial charge in [-0.3, -0.25) is 14.4 Å². The number of carbonyl (C=O) groups is 1. The second-order valence-electron chi connectivity index (χ2n) is 5.28. The average Bonchev–Trinajstić information content (AvgIpc) is 3.00. The van der Waals surface area contributed by atoms with Crippen LogP contribution in [0.15, 0.2) is 12.3 Å². The number of aliphatic carboxylic acids is 1. The van der Waals surface area contributed by atoms with Crippen molar-refractivity contribution in [2.75, 3.05) is 6.54 Å². The van der Waals surface area contributed by atoms with Crippen LogP contribution in [0.3, 0.4) is 0 Å². The van der Waals surface area contributed by atoms with E-state index in [4.69, 9.17) is 5.11 Å². The fourth-order valence-electron chi connectivity index (χ4n) is 2.87. The third-order valence-corrected chi connectivity index (χ3v) is 3.78. The molecule has 2 rings (SSSR count). The summed E-state index contributed by atoms with van der Waals surface area (Å²) in [5.41, 5.74) is 1.12. The molecule has 1 N–H and O–H groups in total. The summed E-state index contributed by atoms with van der Waals surface area (Å²) < 4.78 is 1.99. The Morgan fingerprint density at radius 2 is 2.26 bits per heavy atom. The Labute approximate surface area is 114 Å². The van der Waals surface area contributed by atoms with E-state index in [0.29, 0.717) is 12.6 Å². The van der Waals surface area contributed by atoms with Crippen molar-refractivity contribution in [1.82, 2.24) is 14.7 Å². The molecule has 1 aromatic rings. The van der Waals surface area contributed by atoms with Gasteiger partial charge in [0.2, 0.25) is 0 Å². The van der Waals surface area contributed by atoms with Gasteiger partial charge in [0.05, 0.1) is 12.2 Å². The molecular weight excluding hydrogens is 242 g/mol. The van der Waals surface area contributed by atoms with Gasteiger partial charge in [0.1, 0.15) is 0 Å². The monoisotopic (exact) mass is 265 g/mol. The number of carboxylic acid groups (broad SMARTS) is 1. The highest BCUT2D eigenvalue weighted by Gasteiger charge is 2.25. The summed E-state index contributed by atoms with van der Waals surface area (Å²) in [5, 5.41) is 13.4. The Morgan fingerprint density at radius 3 is 2.89 bits per heavy atom. The zero-order valence-electron chi connectivity index (χ0n) is 11.6. The zero-order valence-corrected chi connectivity index (χ0v) is 11.6. The van der Waals surface area contributed by atoms with E-state index in [0.717, 1.165) is 31.5 Å². The lowest BCUT2D eigenvalue weighted by molar-refractivity contribution is -0.139. The average molecular weight is 265 g/mol. The molecule has 19 heavy (non-hydrogen) atoms. The minimum absolute atomic E-state index is 0.127. The number of rotatable bonds is 7. The highest BCUT2D eigenvalue weighted by Crippen LogP contribution is 2.24. The van der Waals surface area contributed by atoms with Gasteiger partial charge in [0.25, 0.3) is 0 Å². The van der Waals surface area contributed by atoms with Gasteiger partial charge >= 0.3 is 5.97 Å². The lowest BCUT2D eigenvalue weighted by Crippen LogP contribution is -2.37. The maximum absolute atomic E-state index is 11.0. The first kappa shape index (κ1) is 14.1. The summed E-state index contributed by atoms with van der Waals surface area (Å²) >= 11 is 0. The summed E-state index contributed by atoms with van der Waals surface area (Å²) in [5.74, 6) is -0.742. The quantitative estimate of drug-likeness (QED) is 0.820. The van der Waals surface area contributed by atoms with Gasteiger partial charge in [-0.05, 0) is 25.3 Å². The fraction of sp³-hybridized carbons (Fsp3) is 0.714. The molecule has 5 nitrogen and oxygen atoms in total. The molecule has 0 spiro atoms. The van der Waals surface area contributed by atoms with Crippen molar-refractivity contribution < 1.29 is 9.90 Å². The smallest absolute Gasteiger partial charge is 0.317 e. The highest BCUT2D eigenvalue weighted by molar-refractivity contribution is 5.69. The SMILES string of the molecule is CCCn1nccc1CN(CC(=O)O)C1CCCC1. The molecule has 1 aliphatic carbocycles. The lowest BCUT2D eigenvalue weighted by Gasteiger charge is -2.27. The summed E-state index contributed by atoms with van der Waals surface area (Å²) in [6.45, 7) is 3.84. The number of carboxylic acids is 1. The van der Waals surface area contributed by atoms with Gasteiger partial charge in [-0.1, -0.05) is 19.8 Å². The number of aryl methyl sites for hydroxylation is 1. The van der Waals surface area contributed by atoms with Crippen LogP contribution in [0.2, 0.25) is 0 Å². The van der Waals surface area contributed by atoms with Gasteiger partial charge in [-0.2, -0.15) is 5.10 Å². The van der Waals surface area contributed by atoms with Crippen LogP contribution in [-0.2, 0) is 17.9 Å². The van der Waals surface area contributed by atoms with Crippen LogP contribution >= 0.6 is 0 Å². The Morgan fingerprint density at radius 1 is 1.53 bits per heavy atom. The molecule has 1 aromatic heterocycles. The van der Waals surface area contributed by atoms with Crippen LogP contribution in [-0.4, -0.2) is 38.3 Å². The first-order valence-electron chi connectivity index (χ1n) is 7.17. The van der Waals surface area contributed by atoms with Gasteiger partial charge in [0.15, 0.2) is 0 Å². The van der Waals surface area contributed by atoms with Crippen molar-refractivity contribution in [3.63, 3.8) is 0 Å². The largest absolute Gasteiger partial charge is 0.480 e. The summed E-state index contributed by atoms with van der Waals surface area (Å²) in [7, 11) is 0. The number of nitrogens with zero attached hydrogens (tertiary/aromatic N) is 3. The second-order valence-corrected chi connectivity index (χ2v) is 5.28. The van der Waals surface area contributed by atoms with Gasteiger partial charge in [-0.15, -0.1) is 0 Å². The van der Waals surface area contributed by atoms with Crippen LogP contribution in [0.1, 0.15) is 44.7 Å². The van der Waals surface area contributed by atoms with Crippen molar-refractivity contribution in [2.45, 2.75) is 58.2 Å². The number of hydrogen-bond acceptors (Lipinski definition) is 3. The molecular formula is C14H23N3O2. The normalized spacial score (nSPS) is 16.3. The molecule has 0 unspecified atom stereocenters. The van der Waals surface area contributed by atoms with E-state index >= 15 is 0 Å². The maximum Gasteiger partial charge on any atom is 0.317 e. The van der Waals surface area contributed by atoms with Gasteiger partial charge < -0.3 is 5.11 Å². The molecule has 1 fully saturated rings. The van der Waals surface area contributed by atoms with E-state index in [1.54, 1.807) is 6.20 Å². The molecule has 106 valence electrons. The van der Waals surface area contributed by atoms with E-state index < -0.39 is 5.97 Å². The molecule has 5 heteroatoms. The Bertz CT molecular complexity index is 411. The van der Waals surface area contributed by atoms with Crippen molar-refractivity contribution in [2.24, 2.45) is 0 Å². The van der Waals surface area contributed by atoms with E-state index in [1.807, 2.05) is 10.7 Å². The van der Waals surface area contributed by atoms with Crippen molar-refractivity contribution in [3.8, 4) is 0 Å². The van der Waals surface area contributed by atoms with Crippen LogP contribution in [0.5, 0.6) is 0 Å². The molecule has 0 radical (unpaired) electrons. The van der Waals surface area contributed by atoms with E-state index in [9.17, 15) is 4.79 Å². The molecule has 0 amide bonds. The molecule has 0 saturated heterocycles. The molecule has 1 heterocycles. The third-order valence-electron chi connectivity index (χ3n) is 3.78. The van der Waals surface area contributed by atoms with Crippen molar-refractivity contribution in [3.05, 3.63) is 18.0 Å². The summed E-state index contributed by atoms with van der Waals surface area (Å²) in [6.07, 6.45) is 7.52. The third kappa shape index (κ3) is 3.80. The van der Waals surface area contributed by atoms with Crippen molar-refractivity contribution in [1.29, 1.82) is 0 Å². The first-order chi connectivity index (χ1) is 9.20. The Balaban J connectivity index is 2.05. The van der Waals surface area contributed by atoms with Crippen LogP contribution in [0, 0.1) is 0 Å². The summed E-state index contributed by atoms with van der Waals surface area (Å²) in [4.78, 5) is 13.1. The molecule has 0 aromatic carbocycles. The summed E-state index contributed by atoms with van der Waals surface area (Å²) in [6, 6.07) is 2.42. The van der Waals surface area contributed by atoms with Crippen LogP contribution in [0.4, 0.5) is 0 Å². The molecule has 1 aliphatic rings. The second kappa shape index (κ2) is 6.70. The maximum atomic E-state index is 11.0. The molecule has 0 atom stereocenters. The van der Waals surface area contributed by atoms with E-state index in [-0.39, 0.29) is 6.54 Å². The zero-order chi connectivity index (χ0) is 13.7. The highest BCUT2D eigenvalue weighted by atomic mass is 16.4. The lowest BCUT2D eigenvalue weighted by atomic mass is 10.2. The topological polar surface area (TPSA) is 58.4 Å². The number of hydrogen-bond donors (Lipinski definition) is 1. The minimum atomic E-state index is -0.742. The molecule has 1 saturated carbocycles. The minimum Gasteiger partial charge on any atom is -0.480 e.